The van der Waals surface area contributed by atoms with Crippen LogP contribution in [0.25, 0.3) is 0 Å². The number of esters is 3. The van der Waals surface area contributed by atoms with Crippen LogP contribution < -0.4 is 0 Å². The molecule has 0 aliphatic carbocycles. The van der Waals surface area contributed by atoms with E-state index in [0.29, 0.717) is 25.7 Å². The lowest BCUT2D eigenvalue weighted by Crippen LogP contribution is -2.30. The quantitative estimate of drug-likeness (QED) is 0.0261. The van der Waals surface area contributed by atoms with Crippen molar-refractivity contribution < 1.29 is 28.6 Å². The van der Waals surface area contributed by atoms with Gasteiger partial charge in [0.25, 0.3) is 0 Å². The summed E-state index contributed by atoms with van der Waals surface area (Å²) in [6, 6.07) is 0. The molecule has 6 heteroatoms. The van der Waals surface area contributed by atoms with Crippen molar-refractivity contribution >= 4 is 17.9 Å². The fraction of sp³-hybridized carbons (Fsp3) is 0.587. The Balaban J connectivity index is 4.45. The Kier molecular flexibility index (Phi) is 62.9. The van der Waals surface area contributed by atoms with Crippen LogP contribution in [0.3, 0.4) is 0 Å². The Hall–Kier alpha value is -5.23. The average molecular weight is 1120 g/mol. The van der Waals surface area contributed by atoms with Crippen molar-refractivity contribution in [2.75, 3.05) is 13.2 Å². The predicted molar refractivity (Wildman–Crippen MR) is 352 cm³/mol. The number of ether oxygens (including phenoxy) is 3. The lowest BCUT2D eigenvalue weighted by molar-refractivity contribution is -0.167. The van der Waals surface area contributed by atoms with Crippen molar-refractivity contribution in [1.82, 2.24) is 0 Å². The fourth-order valence-electron chi connectivity index (χ4n) is 8.36. The Bertz CT molecular complexity index is 1860. The third kappa shape index (κ3) is 65.5. The van der Waals surface area contributed by atoms with Crippen LogP contribution in [-0.4, -0.2) is 37.2 Å². The summed E-state index contributed by atoms with van der Waals surface area (Å²) < 4.78 is 16.9. The molecule has 0 aromatic rings. The van der Waals surface area contributed by atoms with Crippen LogP contribution in [0.1, 0.15) is 265 Å². The van der Waals surface area contributed by atoms with E-state index in [1.165, 1.54) is 64.2 Å². The van der Waals surface area contributed by atoms with Crippen LogP contribution in [0, 0.1) is 0 Å². The van der Waals surface area contributed by atoms with Crippen molar-refractivity contribution in [3.8, 4) is 0 Å². The van der Waals surface area contributed by atoms with Crippen molar-refractivity contribution in [1.29, 1.82) is 0 Å². The summed E-state index contributed by atoms with van der Waals surface area (Å²) in [7, 11) is 0. The zero-order valence-electron chi connectivity index (χ0n) is 52.0. The van der Waals surface area contributed by atoms with Crippen LogP contribution in [-0.2, 0) is 28.6 Å². The number of hydrogen-bond donors (Lipinski definition) is 0. The van der Waals surface area contributed by atoms with Gasteiger partial charge in [0.2, 0.25) is 0 Å². The van der Waals surface area contributed by atoms with Crippen LogP contribution in [0.5, 0.6) is 0 Å². The van der Waals surface area contributed by atoms with Crippen molar-refractivity contribution in [2.24, 2.45) is 0 Å². The van der Waals surface area contributed by atoms with Crippen molar-refractivity contribution in [3.05, 3.63) is 170 Å². The minimum atomic E-state index is -0.818. The van der Waals surface area contributed by atoms with Crippen molar-refractivity contribution in [3.63, 3.8) is 0 Å². The molecule has 1 unspecified atom stereocenters. The van der Waals surface area contributed by atoms with Crippen LogP contribution in [0.2, 0.25) is 0 Å². The van der Waals surface area contributed by atoms with Gasteiger partial charge in [0, 0.05) is 19.3 Å². The minimum absolute atomic E-state index is 0.110. The molecule has 0 saturated heterocycles. The van der Waals surface area contributed by atoms with E-state index in [4.69, 9.17) is 14.2 Å². The molecular formula is C75H118O6. The van der Waals surface area contributed by atoms with E-state index >= 15 is 0 Å². The van der Waals surface area contributed by atoms with Gasteiger partial charge in [-0.25, -0.2) is 0 Å². The molecule has 0 aliphatic heterocycles. The van der Waals surface area contributed by atoms with Gasteiger partial charge in [0.1, 0.15) is 13.2 Å². The summed E-state index contributed by atoms with van der Waals surface area (Å²) in [6.45, 7) is 6.32. The Morgan fingerprint density at radius 2 is 0.481 bits per heavy atom. The molecule has 81 heavy (non-hydrogen) atoms. The minimum Gasteiger partial charge on any atom is -0.462 e. The van der Waals surface area contributed by atoms with Gasteiger partial charge >= 0.3 is 17.9 Å². The van der Waals surface area contributed by atoms with Crippen LogP contribution >= 0.6 is 0 Å². The second-order valence-corrected chi connectivity index (χ2v) is 20.9. The average Bonchev–Trinajstić information content (AvgIpc) is 3.47. The molecule has 0 aromatic heterocycles. The molecule has 6 nitrogen and oxygen atoms in total. The summed E-state index contributed by atoms with van der Waals surface area (Å²) in [5.41, 5.74) is 0. The molecule has 0 radical (unpaired) electrons. The van der Waals surface area contributed by atoms with Crippen LogP contribution in [0.15, 0.2) is 170 Å². The number of carbonyl (C=O) groups excluding carboxylic acids is 3. The smallest absolute Gasteiger partial charge is 0.306 e. The second kappa shape index (κ2) is 67.3. The zero-order valence-corrected chi connectivity index (χ0v) is 52.0. The largest absolute Gasteiger partial charge is 0.462 e. The molecule has 0 spiro atoms. The van der Waals surface area contributed by atoms with Gasteiger partial charge in [-0.3, -0.25) is 14.4 Å². The van der Waals surface area contributed by atoms with E-state index in [1.54, 1.807) is 0 Å². The van der Waals surface area contributed by atoms with E-state index in [1.807, 2.05) is 0 Å². The molecule has 0 rings (SSSR count). The van der Waals surface area contributed by atoms with Gasteiger partial charge in [-0.2, -0.15) is 0 Å². The van der Waals surface area contributed by atoms with E-state index in [-0.39, 0.29) is 31.1 Å². The Morgan fingerprint density at radius 1 is 0.259 bits per heavy atom. The van der Waals surface area contributed by atoms with E-state index in [9.17, 15) is 14.4 Å². The highest BCUT2D eigenvalue weighted by atomic mass is 16.6. The molecule has 0 fully saturated rings. The molecule has 0 saturated carbocycles. The summed E-state index contributed by atoms with van der Waals surface area (Å²) in [6.07, 6.45) is 99.3. The standard InChI is InChI=1S/C75H118O6/c1-4-7-10-13-16-19-22-25-28-30-32-33-34-35-36-37-38-39-40-41-43-44-47-50-53-56-59-62-65-68-74(77)80-71-72(70-79-73(76)67-64-61-58-55-52-49-46-27-24-21-18-15-12-9-6-3)81-75(78)69-66-63-60-57-54-51-48-45-42-31-29-26-23-20-17-14-11-8-5-2/h7,9-10,12,16-21,25-29,32-33,35-36,38-39,41-43,45-46,52,55,72H,4-6,8,11,13-15,22-24,30-31,34,37,40,44,47-51,53-54,56-71H2,1-3H3/b10-7-,12-9-,19-16-,20-17-,21-18-,28-25-,29-26-,33-32-,36-35-,39-38-,43-41-,45-42-,46-27-,55-52-. The van der Waals surface area contributed by atoms with Gasteiger partial charge in [0.05, 0.1) is 0 Å². The first-order chi connectivity index (χ1) is 40.0. The third-order valence-electron chi connectivity index (χ3n) is 13.2. The fourth-order valence-corrected chi connectivity index (χ4v) is 8.36. The highest BCUT2D eigenvalue weighted by Crippen LogP contribution is 2.14. The van der Waals surface area contributed by atoms with Crippen molar-refractivity contribution in [2.45, 2.75) is 271 Å². The van der Waals surface area contributed by atoms with E-state index in [0.717, 1.165) is 154 Å². The number of rotatable bonds is 57. The van der Waals surface area contributed by atoms with Gasteiger partial charge < -0.3 is 14.2 Å². The SMILES string of the molecule is CC/C=C\C/C=C\C/C=C\C/C=C\C/C=C\C/C=C\C/C=C\CCCCCCCCCC(=O)OCC(COC(=O)CCCC/C=C\C/C=C\C/C=C\C/C=C\CC)OC(=O)CCCCCCCC/C=C\C/C=C\C/C=C\CCCCC. The maximum Gasteiger partial charge on any atom is 0.306 e. The monoisotopic (exact) mass is 1110 g/mol. The maximum atomic E-state index is 12.9. The Labute approximate surface area is 498 Å². The lowest BCUT2D eigenvalue weighted by Gasteiger charge is -2.18. The summed E-state index contributed by atoms with van der Waals surface area (Å²) in [5.74, 6) is -0.980. The molecule has 0 aromatic carbocycles. The highest BCUT2D eigenvalue weighted by Gasteiger charge is 2.19. The number of allylic oxidation sites excluding steroid dienone is 28. The number of carbonyl (C=O) groups is 3. The molecular weight excluding hydrogens is 997 g/mol. The van der Waals surface area contributed by atoms with Gasteiger partial charge in [-0.15, -0.1) is 0 Å². The van der Waals surface area contributed by atoms with E-state index < -0.39 is 6.10 Å². The first-order valence-corrected chi connectivity index (χ1v) is 32.6. The molecule has 0 N–H and O–H groups in total. The third-order valence-corrected chi connectivity index (χ3v) is 13.2. The summed E-state index contributed by atoms with van der Waals surface area (Å²) in [4.78, 5) is 38.3. The van der Waals surface area contributed by atoms with E-state index in [2.05, 4.69) is 191 Å². The Morgan fingerprint density at radius 3 is 0.778 bits per heavy atom. The van der Waals surface area contributed by atoms with Gasteiger partial charge in [0.15, 0.2) is 6.10 Å². The molecule has 0 aliphatic rings. The maximum absolute atomic E-state index is 12.9. The molecule has 0 amide bonds. The van der Waals surface area contributed by atoms with Gasteiger partial charge in [-0.05, 0) is 154 Å². The first-order valence-electron chi connectivity index (χ1n) is 32.6. The predicted octanol–water partition coefficient (Wildman–Crippen LogP) is 22.7. The zero-order chi connectivity index (χ0) is 58.5. The molecule has 454 valence electrons. The second-order valence-electron chi connectivity index (χ2n) is 20.9. The summed E-state index contributed by atoms with van der Waals surface area (Å²) in [5, 5.41) is 0. The lowest BCUT2D eigenvalue weighted by atomic mass is 10.1. The molecule has 0 bridgehead atoms. The molecule has 0 heterocycles. The molecule has 1 atom stereocenters. The highest BCUT2D eigenvalue weighted by molar-refractivity contribution is 5.71. The van der Waals surface area contributed by atoms with Gasteiger partial charge in [-0.1, -0.05) is 262 Å². The van der Waals surface area contributed by atoms with Crippen LogP contribution in [0.4, 0.5) is 0 Å². The normalized spacial score (nSPS) is 13.3. The first kappa shape index (κ1) is 75.8. The summed E-state index contributed by atoms with van der Waals surface area (Å²) >= 11 is 0. The topological polar surface area (TPSA) is 78.9 Å². The number of hydrogen-bond acceptors (Lipinski definition) is 6. The number of unbranched alkanes of at least 4 members (excludes halogenated alkanes) is 18.